The van der Waals surface area contributed by atoms with Gasteiger partial charge < -0.3 is 24.6 Å². The van der Waals surface area contributed by atoms with E-state index in [4.69, 9.17) is 14.0 Å². The number of ether oxygens (including phenoxy) is 2. The van der Waals surface area contributed by atoms with E-state index in [0.717, 1.165) is 29.3 Å². The zero-order valence-electron chi connectivity index (χ0n) is 12.3. The van der Waals surface area contributed by atoms with Gasteiger partial charge in [0.15, 0.2) is 17.5 Å². The summed E-state index contributed by atoms with van der Waals surface area (Å²) in [5.74, 6) is 2.15. The van der Waals surface area contributed by atoms with Crippen molar-refractivity contribution in [2.45, 2.75) is 13.0 Å². The molecular weight excluding hydrogens is 284 g/mol. The maximum Gasteiger partial charge on any atom is 0.195 e. The summed E-state index contributed by atoms with van der Waals surface area (Å²) in [7, 11) is 1.71. The van der Waals surface area contributed by atoms with Crippen LogP contribution in [0.5, 0.6) is 11.5 Å². The fourth-order valence-corrected chi connectivity index (χ4v) is 2.06. The highest BCUT2D eigenvalue weighted by Gasteiger charge is 2.11. The molecule has 0 atom stereocenters. The average molecular weight is 302 g/mol. The molecule has 0 radical (unpaired) electrons. The second-order valence-corrected chi connectivity index (χ2v) is 4.75. The molecule has 3 rings (SSSR count). The minimum atomic E-state index is 0.528. The van der Waals surface area contributed by atoms with Gasteiger partial charge in [-0.15, -0.1) is 0 Å². The number of benzene rings is 1. The van der Waals surface area contributed by atoms with Crippen molar-refractivity contribution in [2.75, 3.05) is 25.6 Å². The van der Waals surface area contributed by atoms with Crippen molar-refractivity contribution in [1.29, 1.82) is 0 Å². The minimum absolute atomic E-state index is 0.528. The van der Waals surface area contributed by atoms with E-state index in [1.54, 1.807) is 13.1 Å². The molecule has 116 valence electrons. The number of rotatable bonds is 3. The van der Waals surface area contributed by atoms with Crippen molar-refractivity contribution in [2.24, 2.45) is 4.99 Å². The molecule has 0 amide bonds. The van der Waals surface area contributed by atoms with Crippen LogP contribution in [0.2, 0.25) is 0 Å². The summed E-state index contributed by atoms with van der Waals surface area (Å²) < 4.78 is 16.1. The molecule has 2 N–H and O–H groups in total. The third-order valence-electron chi connectivity index (χ3n) is 3.16. The van der Waals surface area contributed by atoms with Gasteiger partial charge in [0.25, 0.3) is 0 Å². The Kier molecular flexibility index (Phi) is 4.43. The van der Waals surface area contributed by atoms with Gasteiger partial charge in [-0.05, 0) is 12.1 Å². The van der Waals surface area contributed by atoms with E-state index in [0.29, 0.717) is 25.7 Å². The summed E-state index contributed by atoms with van der Waals surface area (Å²) in [5, 5.41) is 10.2. The van der Waals surface area contributed by atoms with Crippen LogP contribution in [0.3, 0.4) is 0 Å². The summed E-state index contributed by atoms with van der Waals surface area (Å²) in [6.45, 7) is 1.87. The average Bonchev–Trinajstić information content (AvgIpc) is 2.95. The van der Waals surface area contributed by atoms with Crippen molar-refractivity contribution >= 4 is 11.6 Å². The number of fused-ring (bicyclic) bond motifs is 1. The summed E-state index contributed by atoms with van der Waals surface area (Å²) in [4.78, 5) is 4.18. The largest absolute Gasteiger partial charge is 0.490 e. The highest BCUT2D eigenvalue weighted by molar-refractivity contribution is 5.93. The first kappa shape index (κ1) is 14.2. The first-order valence-corrected chi connectivity index (χ1v) is 7.12. The molecule has 1 aromatic carbocycles. The first-order valence-electron chi connectivity index (χ1n) is 7.12. The second kappa shape index (κ2) is 6.84. The number of guanidine groups is 1. The monoisotopic (exact) mass is 302 g/mol. The van der Waals surface area contributed by atoms with Crippen LogP contribution in [-0.2, 0) is 6.54 Å². The van der Waals surface area contributed by atoms with Crippen LogP contribution >= 0.6 is 0 Å². The van der Waals surface area contributed by atoms with Crippen LogP contribution in [-0.4, -0.2) is 31.4 Å². The van der Waals surface area contributed by atoms with Crippen molar-refractivity contribution < 1.29 is 14.0 Å². The Hall–Kier alpha value is -2.70. The van der Waals surface area contributed by atoms with E-state index >= 15 is 0 Å². The van der Waals surface area contributed by atoms with Crippen LogP contribution < -0.4 is 20.1 Å². The highest BCUT2D eigenvalue weighted by Crippen LogP contribution is 2.32. The van der Waals surface area contributed by atoms with Gasteiger partial charge in [-0.2, -0.15) is 0 Å². The highest BCUT2D eigenvalue weighted by atomic mass is 16.5. The van der Waals surface area contributed by atoms with E-state index in [-0.39, 0.29) is 0 Å². The number of anilines is 1. The second-order valence-electron chi connectivity index (χ2n) is 4.75. The van der Waals surface area contributed by atoms with Crippen molar-refractivity contribution in [1.82, 2.24) is 10.5 Å². The zero-order valence-corrected chi connectivity index (χ0v) is 12.3. The van der Waals surface area contributed by atoms with Crippen LogP contribution in [0.4, 0.5) is 5.69 Å². The zero-order chi connectivity index (χ0) is 15.2. The van der Waals surface area contributed by atoms with E-state index in [9.17, 15) is 0 Å². The minimum Gasteiger partial charge on any atom is -0.490 e. The smallest absolute Gasteiger partial charge is 0.195 e. The van der Waals surface area contributed by atoms with E-state index in [1.807, 2.05) is 18.2 Å². The van der Waals surface area contributed by atoms with Crippen LogP contribution in [0.1, 0.15) is 12.1 Å². The molecule has 22 heavy (non-hydrogen) atoms. The van der Waals surface area contributed by atoms with Crippen molar-refractivity contribution in [3.63, 3.8) is 0 Å². The molecule has 7 heteroatoms. The van der Waals surface area contributed by atoms with Gasteiger partial charge in [-0.25, -0.2) is 0 Å². The molecule has 0 saturated carbocycles. The van der Waals surface area contributed by atoms with Crippen molar-refractivity contribution in [3.8, 4) is 11.5 Å². The van der Waals surface area contributed by atoms with Gasteiger partial charge in [0.1, 0.15) is 12.0 Å². The van der Waals surface area contributed by atoms with Crippen LogP contribution in [0.15, 0.2) is 40.0 Å². The molecule has 0 aliphatic carbocycles. The lowest BCUT2D eigenvalue weighted by atomic mass is 10.3. The van der Waals surface area contributed by atoms with Gasteiger partial charge in [0.2, 0.25) is 0 Å². The SMILES string of the molecule is CN=C(NCc1ccon1)Nc1ccc2c(c1)OCCCO2. The number of aromatic nitrogens is 1. The Bertz CT molecular complexity index is 640. The maximum atomic E-state index is 5.68. The third-order valence-corrected chi connectivity index (χ3v) is 3.16. The Balaban J connectivity index is 1.64. The molecule has 2 heterocycles. The maximum absolute atomic E-state index is 5.68. The predicted molar refractivity (Wildman–Crippen MR) is 82.4 cm³/mol. The molecule has 0 unspecified atom stereocenters. The standard InChI is InChI=1S/C15H18N4O3/c1-16-15(17-10-12-5-8-22-19-12)18-11-3-4-13-14(9-11)21-7-2-6-20-13/h3-5,8-9H,2,6-7,10H2,1H3,(H2,16,17,18). The van der Waals surface area contributed by atoms with Gasteiger partial charge in [0.05, 0.1) is 19.8 Å². The molecular formula is C15H18N4O3. The quantitative estimate of drug-likeness (QED) is 0.667. The van der Waals surface area contributed by atoms with Gasteiger partial charge in [0, 0.05) is 31.3 Å². The summed E-state index contributed by atoms with van der Waals surface area (Å²) in [5.41, 5.74) is 1.68. The number of hydrogen-bond acceptors (Lipinski definition) is 5. The molecule has 0 fully saturated rings. The molecule has 0 saturated heterocycles. The molecule has 1 aliphatic heterocycles. The lowest BCUT2D eigenvalue weighted by molar-refractivity contribution is 0.297. The Morgan fingerprint density at radius 2 is 2.09 bits per heavy atom. The van der Waals surface area contributed by atoms with E-state index in [1.165, 1.54) is 6.26 Å². The fraction of sp³-hybridized carbons (Fsp3) is 0.333. The number of hydrogen-bond donors (Lipinski definition) is 2. The first-order chi connectivity index (χ1) is 10.8. The molecule has 1 aromatic heterocycles. The molecule has 0 spiro atoms. The Labute approximate surface area is 128 Å². The summed E-state index contributed by atoms with van der Waals surface area (Å²) >= 11 is 0. The summed E-state index contributed by atoms with van der Waals surface area (Å²) in [6, 6.07) is 7.53. The lowest BCUT2D eigenvalue weighted by Crippen LogP contribution is -2.30. The normalized spacial score (nSPS) is 14.3. The topological polar surface area (TPSA) is 80.9 Å². The van der Waals surface area contributed by atoms with Crippen LogP contribution in [0, 0.1) is 0 Å². The Morgan fingerprint density at radius 1 is 1.23 bits per heavy atom. The van der Waals surface area contributed by atoms with Crippen LogP contribution in [0.25, 0.3) is 0 Å². The molecule has 7 nitrogen and oxygen atoms in total. The molecule has 2 aromatic rings. The lowest BCUT2D eigenvalue weighted by Gasteiger charge is -2.13. The number of aliphatic imine (C=N–C) groups is 1. The molecule has 1 aliphatic rings. The Morgan fingerprint density at radius 3 is 2.86 bits per heavy atom. The number of nitrogens with one attached hydrogen (secondary N) is 2. The van der Waals surface area contributed by atoms with Gasteiger partial charge >= 0.3 is 0 Å². The van der Waals surface area contributed by atoms with Gasteiger partial charge in [-0.1, -0.05) is 5.16 Å². The summed E-state index contributed by atoms with van der Waals surface area (Å²) in [6.07, 6.45) is 2.43. The van der Waals surface area contributed by atoms with Crippen molar-refractivity contribution in [3.05, 3.63) is 36.2 Å². The number of nitrogens with zero attached hydrogens (tertiary/aromatic N) is 2. The fourth-order valence-electron chi connectivity index (χ4n) is 2.06. The van der Waals surface area contributed by atoms with E-state index in [2.05, 4.69) is 20.8 Å². The predicted octanol–water partition coefficient (Wildman–Crippen LogP) is 2.02. The van der Waals surface area contributed by atoms with E-state index < -0.39 is 0 Å². The van der Waals surface area contributed by atoms with Gasteiger partial charge in [-0.3, -0.25) is 4.99 Å². The molecule has 0 bridgehead atoms. The third kappa shape index (κ3) is 3.49.